The van der Waals surface area contributed by atoms with Crippen LogP contribution in [0.15, 0.2) is 4.99 Å². The standard InChI is InChI=1S/C10H21NO.Sm/c1-5-7-10(12,8-6-2)9(3)11-4;/h12H,5-8H2,1-4H3;. The van der Waals surface area contributed by atoms with Gasteiger partial charge in [0.2, 0.25) is 0 Å². The Morgan fingerprint density at radius 3 is 1.85 bits per heavy atom. The summed E-state index contributed by atoms with van der Waals surface area (Å²) in [5.74, 6) is 0. The van der Waals surface area contributed by atoms with E-state index in [2.05, 4.69) is 18.8 Å². The summed E-state index contributed by atoms with van der Waals surface area (Å²) in [7, 11) is 1.74. The molecule has 0 bridgehead atoms. The monoisotopic (exact) mass is 323 g/mol. The molecule has 0 heterocycles. The number of hydrogen-bond donors (Lipinski definition) is 1. The van der Waals surface area contributed by atoms with Crippen molar-refractivity contribution >= 4 is 5.71 Å². The van der Waals surface area contributed by atoms with E-state index in [1.807, 2.05) is 6.92 Å². The summed E-state index contributed by atoms with van der Waals surface area (Å²) < 4.78 is 0. The summed E-state index contributed by atoms with van der Waals surface area (Å²) in [5.41, 5.74) is 0.226. The number of hydrogen-bond acceptors (Lipinski definition) is 2. The second kappa shape index (κ2) is 8.29. The first-order valence-corrected chi connectivity index (χ1v) is 4.77. The average Bonchev–Trinajstić information content (AvgIpc) is 2.04. The van der Waals surface area contributed by atoms with Crippen molar-refractivity contribution in [2.75, 3.05) is 7.05 Å². The van der Waals surface area contributed by atoms with E-state index in [-0.39, 0.29) is 40.4 Å². The maximum Gasteiger partial charge on any atom is 0.102 e. The first kappa shape index (κ1) is 16.4. The summed E-state index contributed by atoms with van der Waals surface area (Å²) in [4.78, 5) is 4.06. The van der Waals surface area contributed by atoms with Crippen LogP contribution in [-0.2, 0) is 0 Å². The molecule has 2 nitrogen and oxygen atoms in total. The van der Waals surface area contributed by atoms with Gasteiger partial charge in [-0.1, -0.05) is 26.7 Å². The molecule has 0 saturated carbocycles. The van der Waals surface area contributed by atoms with Crippen molar-refractivity contribution in [2.24, 2.45) is 4.99 Å². The Labute approximate surface area is 114 Å². The molecule has 0 rings (SSSR count). The molecule has 13 heavy (non-hydrogen) atoms. The Balaban J connectivity index is 0. The summed E-state index contributed by atoms with van der Waals surface area (Å²) in [5, 5.41) is 10.1. The van der Waals surface area contributed by atoms with Crippen LogP contribution in [-0.4, -0.2) is 23.5 Å². The molecule has 0 radical (unpaired) electrons. The maximum atomic E-state index is 10.1. The van der Waals surface area contributed by atoms with Gasteiger partial charge < -0.3 is 5.11 Å². The first-order chi connectivity index (χ1) is 5.60. The van der Waals surface area contributed by atoms with E-state index in [4.69, 9.17) is 0 Å². The zero-order valence-electron chi connectivity index (χ0n) is 9.13. The molecule has 0 aromatic rings. The predicted molar refractivity (Wildman–Crippen MR) is 53.8 cm³/mol. The summed E-state index contributed by atoms with van der Waals surface area (Å²) in [6, 6.07) is 0. The maximum absolute atomic E-state index is 10.1. The molecule has 0 aliphatic rings. The third kappa shape index (κ3) is 5.42. The van der Waals surface area contributed by atoms with Crippen LogP contribution in [0.5, 0.6) is 0 Å². The first-order valence-electron chi connectivity index (χ1n) is 4.77. The van der Waals surface area contributed by atoms with E-state index in [1.54, 1.807) is 7.05 Å². The molecule has 0 amide bonds. The second-order valence-corrected chi connectivity index (χ2v) is 3.34. The zero-order valence-corrected chi connectivity index (χ0v) is 11.8. The van der Waals surface area contributed by atoms with E-state index in [0.717, 1.165) is 31.4 Å². The van der Waals surface area contributed by atoms with Crippen molar-refractivity contribution in [2.45, 2.75) is 52.1 Å². The molecular weight excluding hydrogens is 300 g/mol. The second-order valence-electron chi connectivity index (χ2n) is 3.34. The Hall–Kier alpha value is 0.968. The molecule has 0 fully saturated rings. The SMILES string of the molecule is CCCC(O)(CCC)C(C)=NC.[Sm]. The summed E-state index contributed by atoms with van der Waals surface area (Å²) in [6.45, 7) is 6.08. The molecule has 1 N–H and O–H groups in total. The van der Waals surface area contributed by atoms with Crippen LogP contribution in [0.4, 0.5) is 0 Å². The Kier molecular flexibility index (Phi) is 10.5. The van der Waals surface area contributed by atoms with E-state index in [0.29, 0.717) is 0 Å². The smallest absolute Gasteiger partial charge is 0.102 e. The molecule has 0 spiro atoms. The van der Waals surface area contributed by atoms with E-state index >= 15 is 0 Å². The zero-order chi connectivity index (χ0) is 9.61. The molecule has 0 saturated heterocycles. The van der Waals surface area contributed by atoms with Gasteiger partial charge in [-0.25, -0.2) is 0 Å². The van der Waals surface area contributed by atoms with Gasteiger partial charge in [0.1, 0.15) is 5.60 Å². The van der Waals surface area contributed by atoms with Gasteiger partial charge >= 0.3 is 0 Å². The molecule has 0 aliphatic heterocycles. The predicted octanol–water partition coefficient (Wildman–Crippen LogP) is 2.41. The Morgan fingerprint density at radius 1 is 1.23 bits per heavy atom. The van der Waals surface area contributed by atoms with Crippen LogP contribution in [0.1, 0.15) is 46.5 Å². The molecule has 0 aromatic carbocycles. The molecule has 0 unspecified atom stereocenters. The van der Waals surface area contributed by atoms with Crippen LogP contribution in [0.25, 0.3) is 0 Å². The van der Waals surface area contributed by atoms with E-state index in [9.17, 15) is 5.11 Å². The average molecular weight is 322 g/mol. The number of rotatable bonds is 5. The van der Waals surface area contributed by atoms with Crippen molar-refractivity contribution in [3.05, 3.63) is 0 Å². The molecular formula is C10H21NOSm. The number of aliphatic hydroxyl groups is 1. The van der Waals surface area contributed by atoms with Crippen LogP contribution < -0.4 is 0 Å². The van der Waals surface area contributed by atoms with Crippen molar-refractivity contribution < 1.29 is 45.5 Å². The van der Waals surface area contributed by atoms with Crippen molar-refractivity contribution in [1.82, 2.24) is 0 Å². The third-order valence-electron chi connectivity index (χ3n) is 2.34. The molecule has 78 valence electrons. The normalized spacial score (nSPS) is 12.5. The van der Waals surface area contributed by atoms with Gasteiger partial charge in [-0.05, 0) is 19.8 Å². The molecule has 3 heteroatoms. The van der Waals surface area contributed by atoms with Gasteiger partial charge in [0.25, 0.3) is 0 Å². The Bertz CT molecular complexity index is 151. The summed E-state index contributed by atoms with van der Waals surface area (Å²) >= 11 is 0. The largest absolute Gasteiger partial charge is 0.384 e. The van der Waals surface area contributed by atoms with Crippen LogP contribution in [0.2, 0.25) is 0 Å². The van der Waals surface area contributed by atoms with Crippen molar-refractivity contribution in [3.63, 3.8) is 0 Å². The van der Waals surface area contributed by atoms with Gasteiger partial charge in [-0.2, -0.15) is 0 Å². The molecule has 0 atom stereocenters. The van der Waals surface area contributed by atoms with Crippen molar-refractivity contribution in [1.29, 1.82) is 0 Å². The fourth-order valence-electron chi connectivity index (χ4n) is 1.52. The summed E-state index contributed by atoms with van der Waals surface area (Å²) in [6.07, 6.45) is 3.65. The van der Waals surface area contributed by atoms with Gasteiger partial charge in [0.05, 0.1) is 0 Å². The van der Waals surface area contributed by atoms with Gasteiger partial charge in [-0.3, -0.25) is 4.99 Å². The minimum atomic E-state index is -0.641. The van der Waals surface area contributed by atoms with Crippen molar-refractivity contribution in [3.8, 4) is 0 Å². The quantitative estimate of drug-likeness (QED) is 0.775. The minimum absolute atomic E-state index is 0. The van der Waals surface area contributed by atoms with Gasteiger partial charge in [-0.15, -0.1) is 0 Å². The number of aliphatic imine (C=N–C) groups is 1. The van der Waals surface area contributed by atoms with E-state index < -0.39 is 5.60 Å². The fraction of sp³-hybridized carbons (Fsp3) is 0.900. The number of nitrogens with zero attached hydrogens (tertiary/aromatic N) is 1. The topological polar surface area (TPSA) is 32.6 Å². The Morgan fingerprint density at radius 2 is 1.62 bits per heavy atom. The molecule has 0 aromatic heterocycles. The van der Waals surface area contributed by atoms with Gasteiger partial charge in [0.15, 0.2) is 0 Å². The van der Waals surface area contributed by atoms with E-state index in [1.165, 1.54) is 0 Å². The minimum Gasteiger partial charge on any atom is -0.384 e. The van der Waals surface area contributed by atoms with Crippen LogP contribution >= 0.6 is 0 Å². The van der Waals surface area contributed by atoms with Gasteiger partial charge in [0, 0.05) is 53.1 Å². The molecule has 0 aliphatic carbocycles. The third-order valence-corrected chi connectivity index (χ3v) is 2.34. The fourth-order valence-corrected chi connectivity index (χ4v) is 1.52. The van der Waals surface area contributed by atoms with Crippen LogP contribution in [0, 0.1) is 40.4 Å². The van der Waals surface area contributed by atoms with Crippen LogP contribution in [0.3, 0.4) is 0 Å².